The summed E-state index contributed by atoms with van der Waals surface area (Å²) in [6.07, 6.45) is 1.36. The molecule has 378 valence electrons. The van der Waals surface area contributed by atoms with Gasteiger partial charge < -0.3 is 41.0 Å². The average Bonchev–Trinajstić information content (AvgIpc) is 3.23. The number of carbonyl (C=O) groups excluding carboxylic acids is 6. The Morgan fingerprint density at radius 2 is 1.12 bits per heavy atom. The van der Waals surface area contributed by atoms with E-state index in [1.807, 2.05) is 74.5 Å². The van der Waals surface area contributed by atoms with Crippen molar-refractivity contribution in [2.45, 2.75) is 142 Å². The van der Waals surface area contributed by atoms with Crippen LogP contribution in [-0.2, 0) is 51.7 Å². The van der Waals surface area contributed by atoms with Crippen LogP contribution < -0.4 is 26.6 Å². The normalized spacial score (nSPS) is 17.0. The molecule has 2 aromatic rings. The minimum atomic E-state index is -3.57. The van der Waals surface area contributed by atoms with Crippen LogP contribution in [0.1, 0.15) is 105 Å². The summed E-state index contributed by atoms with van der Waals surface area (Å²) in [6.45, 7) is 16.0. The van der Waals surface area contributed by atoms with E-state index in [1.54, 1.807) is 46.4 Å². The molecular weight excluding hydrogens is 893 g/mol. The minimum Gasteiger partial charge on any atom is -0.444 e. The van der Waals surface area contributed by atoms with Crippen molar-refractivity contribution in [3.05, 3.63) is 71.8 Å². The van der Waals surface area contributed by atoms with E-state index in [9.17, 15) is 37.2 Å². The smallest absolute Gasteiger partial charge is 0.408 e. The molecule has 0 saturated carbocycles. The second-order valence-corrected chi connectivity index (χ2v) is 22.8. The number of hydrogen-bond donors (Lipinski definition) is 5. The van der Waals surface area contributed by atoms with Crippen molar-refractivity contribution < 1.29 is 46.7 Å². The Morgan fingerprint density at radius 1 is 0.662 bits per heavy atom. The van der Waals surface area contributed by atoms with Crippen molar-refractivity contribution in [3.8, 4) is 0 Å². The van der Waals surface area contributed by atoms with E-state index >= 15 is 0 Å². The number of ether oxygens (including phenoxy) is 2. The van der Waals surface area contributed by atoms with Gasteiger partial charge in [-0.3, -0.25) is 19.2 Å². The van der Waals surface area contributed by atoms with Crippen LogP contribution in [0.2, 0.25) is 0 Å². The van der Waals surface area contributed by atoms with Crippen LogP contribution in [0, 0.1) is 11.3 Å². The first-order chi connectivity index (χ1) is 31.8. The molecule has 0 aromatic heterocycles. The Labute approximate surface area is 403 Å². The maximum absolute atomic E-state index is 14.5. The molecule has 68 heavy (non-hydrogen) atoms. The zero-order valence-corrected chi connectivity index (χ0v) is 42.5. The van der Waals surface area contributed by atoms with Crippen LogP contribution in [0.4, 0.5) is 9.59 Å². The maximum atomic E-state index is 14.5. The fraction of sp³-hybridized carbons (Fsp3) is 0.633. The van der Waals surface area contributed by atoms with Crippen LogP contribution in [0.3, 0.4) is 0 Å². The molecule has 0 bridgehead atoms. The van der Waals surface area contributed by atoms with Crippen LogP contribution in [0.5, 0.6) is 0 Å². The average molecular weight is 969 g/mol. The van der Waals surface area contributed by atoms with Gasteiger partial charge in [0.25, 0.3) is 10.2 Å². The van der Waals surface area contributed by atoms with Crippen molar-refractivity contribution in [2.24, 2.45) is 11.3 Å². The molecule has 2 aliphatic heterocycles. The highest BCUT2D eigenvalue weighted by molar-refractivity contribution is 7.86. The van der Waals surface area contributed by atoms with Gasteiger partial charge in [-0.05, 0) is 97.1 Å². The van der Waals surface area contributed by atoms with Gasteiger partial charge in [-0.15, -0.1) is 0 Å². The van der Waals surface area contributed by atoms with Gasteiger partial charge in [0.05, 0.1) is 0 Å². The van der Waals surface area contributed by atoms with Crippen molar-refractivity contribution in [3.63, 3.8) is 0 Å². The lowest BCUT2D eigenvalue weighted by molar-refractivity contribution is -0.150. The Morgan fingerprint density at radius 3 is 1.60 bits per heavy atom. The number of nitrogens with one attached hydrogen (secondary N) is 5. The van der Waals surface area contributed by atoms with E-state index in [0.29, 0.717) is 51.9 Å². The molecule has 0 radical (unpaired) electrons. The van der Waals surface area contributed by atoms with E-state index in [-0.39, 0.29) is 49.5 Å². The van der Waals surface area contributed by atoms with Gasteiger partial charge >= 0.3 is 12.2 Å². The molecule has 2 saturated heterocycles. The predicted molar refractivity (Wildman–Crippen MR) is 259 cm³/mol. The SMILES string of the molecule is CC(C)CC(NC(=O)C(Cc1ccccc1)NC(=O)C(Cc1ccccc1)NC(=O)OC(C)(C)C)C(=O)NC(CCCCNC(=O)OC(C)(C)C)C(=O)N1CC2(CCN(S(=O)(=O)N(C)C)CC2)C1. The molecule has 6 amide bonds. The van der Waals surface area contributed by atoms with Gasteiger partial charge in [-0.25, -0.2) is 9.59 Å². The first-order valence-electron chi connectivity index (χ1n) is 23.7. The van der Waals surface area contributed by atoms with Crippen molar-refractivity contribution in [1.82, 2.24) is 40.1 Å². The van der Waals surface area contributed by atoms with Crippen molar-refractivity contribution >= 4 is 46.0 Å². The molecule has 2 heterocycles. The van der Waals surface area contributed by atoms with E-state index in [4.69, 9.17) is 9.47 Å². The third kappa shape index (κ3) is 17.7. The minimum absolute atomic E-state index is 0.0624. The molecule has 4 atom stereocenters. The highest BCUT2D eigenvalue weighted by atomic mass is 32.2. The van der Waals surface area contributed by atoms with Gasteiger partial charge in [0, 0.05) is 65.1 Å². The molecule has 1 spiro atoms. The summed E-state index contributed by atoms with van der Waals surface area (Å²) in [5.41, 5.74) is -0.247. The lowest BCUT2D eigenvalue weighted by atomic mass is 9.72. The Balaban J connectivity index is 1.53. The van der Waals surface area contributed by atoms with Gasteiger partial charge in [-0.1, -0.05) is 74.5 Å². The fourth-order valence-electron chi connectivity index (χ4n) is 8.20. The number of nitrogens with zero attached hydrogens (tertiary/aromatic N) is 3. The molecule has 2 aliphatic rings. The number of benzene rings is 2. The Hall–Kier alpha value is -5.27. The Kier molecular flexibility index (Phi) is 19.8. The number of carbonyl (C=O) groups is 6. The number of likely N-dealkylation sites (tertiary alicyclic amines) is 1. The molecular formula is C49H76N8O10S. The zero-order chi connectivity index (χ0) is 50.5. The number of hydrogen-bond acceptors (Lipinski definition) is 10. The van der Waals surface area contributed by atoms with Crippen LogP contribution in [0.25, 0.3) is 0 Å². The molecule has 0 aliphatic carbocycles. The number of piperidine rings is 1. The van der Waals surface area contributed by atoms with E-state index in [2.05, 4.69) is 26.6 Å². The highest BCUT2D eigenvalue weighted by Gasteiger charge is 2.49. The number of amides is 6. The number of alkyl carbamates (subject to hydrolysis) is 2. The predicted octanol–water partition coefficient (Wildman–Crippen LogP) is 4.29. The first kappa shape index (κ1) is 55.3. The second kappa shape index (κ2) is 24.3. The molecule has 2 fully saturated rings. The summed E-state index contributed by atoms with van der Waals surface area (Å²) in [7, 11) is -0.564. The topological polar surface area (TPSA) is 225 Å². The molecule has 4 rings (SSSR count). The van der Waals surface area contributed by atoms with Gasteiger partial charge in [-0.2, -0.15) is 17.0 Å². The van der Waals surface area contributed by atoms with Crippen molar-refractivity contribution in [2.75, 3.05) is 46.8 Å². The number of unbranched alkanes of at least 4 members (excludes halogenated alkanes) is 1. The van der Waals surface area contributed by atoms with Gasteiger partial charge in [0.2, 0.25) is 23.6 Å². The van der Waals surface area contributed by atoms with Crippen LogP contribution >= 0.6 is 0 Å². The monoisotopic (exact) mass is 969 g/mol. The molecule has 19 heteroatoms. The van der Waals surface area contributed by atoms with Crippen LogP contribution in [0.15, 0.2) is 60.7 Å². The molecule has 18 nitrogen and oxygen atoms in total. The Bertz CT molecular complexity index is 2110. The maximum Gasteiger partial charge on any atom is 0.408 e. The van der Waals surface area contributed by atoms with E-state index in [0.717, 1.165) is 11.1 Å². The lowest BCUT2D eigenvalue weighted by Gasteiger charge is -2.54. The third-order valence-electron chi connectivity index (χ3n) is 11.7. The molecule has 4 unspecified atom stereocenters. The quantitative estimate of drug-likeness (QED) is 0.112. The summed E-state index contributed by atoms with van der Waals surface area (Å²) in [5.74, 6) is -2.22. The summed E-state index contributed by atoms with van der Waals surface area (Å²) in [4.78, 5) is 84.3. The molecule has 2 aromatic carbocycles. The lowest BCUT2D eigenvalue weighted by Crippen LogP contribution is -2.66. The van der Waals surface area contributed by atoms with Gasteiger partial charge in [0.1, 0.15) is 35.4 Å². The third-order valence-corrected chi connectivity index (χ3v) is 13.6. The van der Waals surface area contributed by atoms with Crippen molar-refractivity contribution in [1.29, 1.82) is 0 Å². The standard InChI is InChI=1S/C49H76N8O10S/c1-34(2)29-38(52-42(59)39(30-35-19-13-11-14-20-35)53-43(60)40(31-36-21-15-12-16-22-36)54-46(63)67-48(6,7)8)41(58)51-37(23-17-18-26-50-45(62)66-47(3,4)5)44(61)56-32-49(33-56)24-27-57(28-25-49)68(64,65)55(9)10/h11-16,19-22,34,37-40H,17-18,23-33H2,1-10H3,(H,50,62)(H,51,58)(H,52,59)(H,53,60)(H,54,63). The summed E-state index contributed by atoms with van der Waals surface area (Å²) < 4.78 is 39.0. The number of rotatable bonds is 21. The molecule has 5 N–H and O–H groups in total. The van der Waals surface area contributed by atoms with E-state index < -0.39 is 75.5 Å². The van der Waals surface area contributed by atoms with Crippen LogP contribution in [-0.4, -0.2) is 140 Å². The summed E-state index contributed by atoms with van der Waals surface area (Å²) in [6, 6.07) is 13.8. The second-order valence-electron chi connectivity index (χ2n) is 20.7. The van der Waals surface area contributed by atoms with Gasteiger partial charge in [0.15, 0.2) is 0 Å². The summed E-state index contributed by atoms with van der Waals surface area (Å²) in [5, 5.41) is 14.1. The largest absolute Gasteiger partial charge is 0.444 e. The highest BCUT2D eigenvalue weighted by Crippen LogP contribution is 2.41. The zero-order valence-electron chi connectivity index (χ0n) is 41.7. The first-order valence-corrected chi connectivity index (χ1v) is 25.1. The van der Waals surface area contributed by atoms with E-state index in [1.165, 1.54) is 22.7 Å². The summed E-state index contributed by atoms with van der Waals surface area (Å²) >= 11 is 0. The fourth-order valence-corrected chi connectivity index (χ4v) is 9.31.